The first-order chi connectivity index (χ1) is 11.3. The zero-order valence-corrected chi connectivity index (χ0v) is 15.0. The molecule has 0 spiro atoms. The number of esters is 2. The van der Waals surface area contributed by atoms with Crippen LogP contribution in [0.15, 0.2) is 24.3 Å². The Morgan fingerprint density at radius 3 is 2.42 bits per heavy atom. The van der Waals surface area contributed by atoms with Crippen molar-refractivity contribution in [2.24, 2.45) is 11.8 Å². The van der Waals surface area contributed by atoms with E-state index in [9.17, 15) is 9.59 Å². The first-order valence-electron chi connectivity index (χ1n) is 8.05. The third kappa shape index (κ3) is 6.86. The molecular weight excluding hydrogens is 308 g/mol. The largest absolute Gasteiger partial charge is 0.493 e. The van der Waals surface area contributed by atoms with Gasteiger partial charge in [0.25, 0.3) is 0 Å². The van der Waals surface area contributed by atoms with E-state index < -0.39 is 0 Å². The maximum atomic E-state index is 11.7. The maximum absolute atomic E-state index is 11.7. The van der Waals surface area contributed by atoms with Gasteiger partial charge in [0.2, 0.25) is 0 Å². The monoisotopic (exact) mass is 334 g/mol. The molecule has 0 radical (unpaired) electrons. The Hall–Kier alpha value is -2.30. The van der Waals surface area contributed by atoms with Crippen LogP contribution in [-0.2, 0) is 14.3 Å². The molecule has 0 saturated carbocycles. The number of methoxy groups -OCH3 is 1. The lowest BCUT2D eigenvalue weighted by atomic mass is 10.1. The number of hydrogen-bond acceptors (Lipinski definition) is 5. The lowest BCUT2D eigenvalue weighted by molar-refractivity contribution is -0.143. The van der Waals surface area contributed by atoms with E-state index in [2.05, 4.69) is 0 Å². The molecule has 1 rings (SSSR count). The van der Waals surface area contributed by atoms with Gasteiger partial charge in [0.15, 0.2) is 11.5 Å². The number of carbonyl (C=O) groups is 2. The van der Waals surface area contributed by atoms with Gasteiger partial charge in [0.1, 0.15) is 6.61 Å². The Morgan fingerprint density at radius 1 is 1.12 bits per heavy atom. The maximum Gasteiger partial charge on any atom is 0.313 e. The third-order valence-electron chi connectivity index (χ3n) is 3.10. The van der Waals surface area contributed by atoms with E-state index in [1.165, 1.54) is 7.11 Å². The summed E-state index contributed by atoms with van der Waals surface area (Å²) in [4.78, 5) is 23.1. The molecule has 0 bridgehead atoms. The molecule has 0 unspecified atom stereocenters. The SMILES string of the molecule is COc1cc(/C=C\COC(=O)CC(C)C)ccc1OC(=O)C(C)C. The minimum Gasteiger partial charge on any atom is -0.493 e. The van der Waals surface area contributed by atoms with Crippen LogP contribution in [0.3, 0.4) is 0 Å². The van der Waals surface area contributed by atoms with Crippen molar-refractivity contribution < 1.29 is 23.8 Å². The Labute approximate surface area is 143 Å². The molecule has 5 heteroatoms. The molecule has 0 heterocycles. The molecule has 0 aliphatic heterocycles. The molecule has 0 amide bonds. The first-order valence-corrected chi connectivity index (χ1v) is 8.05. The normalized spacial score (nSPS) is 11.1. The van der Waals surface area contributed by atoms with Crippen LogP contribution in [0.5, 0.6) is 11.5 Å². The minimum absolute atomic E-state index is 0.205. The Morgan fingerprint density at radius 2 is 1.83 bits per heavy atom. The Bertz CT molecular complexity index is 587. The van der Waals surface area contributed by atoms with Crippen LogP contribution < -0.4 is 9.47 Å². The molecule has 0 aliphatic rings. The Balaban J connectivity index is 2.65. The molecule has 5 nitrogen and oxygen atoms in total. The van der Waals surface area contributed by atoms with Gasteiger partial charge in [-0.05, 0) is 29.7 Å². The average Bonchev–Trinajstić information content (AvgIpc) is 2.51. The lowest BCUT2D eigenvalue weighted by Crippen LogP contribution is -2.15. The summed E-state index contributed by atoms with van der Waals surface area (Å²) in [5.74, 6) is 0.415. The molecule has 0 N–H and O–H groups in total. The van der Waals surface area contributed by atoms with Crippen molar-refractivity contribution in [2.75, 3.05) is 13.7 Å². The molecule has 0 atom stereocenters. The zero-order chi connectivity index (χ0) is 18.1. The van der Waals surface area contributed by atoms with Crippen LogP contribution in [0.25, 0.3) is 6.08 Å². The summed E-state index contributed by atoms with van der Waals surface area (Å²) in [5, 5.41) is 0. The predicted molar refractivity (Wildman–Crippen MR) is 92.9 cm³/mol. The van der Waals surface area contributed by atoms with Crippen molar-refractivity contribution in [2.45, 2.75) is 34.1 Å². The highest BCUT2D eigenvalue weighted by molar-refractivity contribution is 5.75. The highest BCUT2D eigenvalue weighted by Crippen LogP contribution is 2.29. The number of hydrogen-bond donors (Lipinski definition) is 0. The van der Waals surface area contributed by atoms with Gasteiger partial charge in [-0.1, -0.05) is 39.8 Å². The molecule has 0 fully saturated rings. The van der Waals surface area contributed by atoms with Gasteiger partial charge < -0.3 is 14.2 Å². The standard InChI is InChI=1S/C19H26O5/c1-13(2)11-18(20)23-10-6-7-15-8-9-16(17(12-15)22-5)24-19(21)14(3)4/h6-9,12-14H,10-11H2,1-5H3/b7-6-. The van der Waals surface area contributed by atoms with Crippen LogP contribution in [-0.4, -0.2) is 25.7 Å². The highest BCUT2D eigenvalue weighted by Gasteiger charge is 2.13. The van der Waals surface area contributed by atoms with E-state index in [1.54, 1.807) is 38.1 Å². The van der Waals surface area contributed by atoms with Crippen LogP contribution >= 0.6 is 0 Å². The molecule has 0 aromatic heterocycles. The molecule has 0 saturated heterocycles. The average molecular weight is 334 g/mol. The molecular formula is C19H26O5. The predicted octanol–water partition coefficient (Wildman–Crippen LogP) is 3.86. The summed E-state index contributed by atoms with van der Waals surface area (Å²) in [7, 11) is 1.52. The number of ether oxygens (including phenoxy) is 3. The fourth-order valence-corrected chi connectivity index (χ4v) is 1.82. The Kier molecular flexibility index (Phi) is 8.02. The summed E-state index contributed by atoms with van der Waals surface area (Å²) >= 11 is 0. The van der Waals surface area contributed by atoms with Crippen LogP contribution in [0, 0.1) is 11.8 Å². The van der Waals surface area contributed by atoms with Gasteiger partial charge >= 0.3 is 11.9 Å². The van der Waals surface area contributed by atoms with Gasteiger partial charge in [-0.3, -0.25) is 9.59 Å². The molecule has 1 aromatic carbocycles. The van der Waals surface area contributed by atoms with E-state index >= 15 is 0 Å². The van der Waals surface area contributed by atoms with Crippen molar-refractivity contribution >= 4 is 18.0 Å². The van der Waals surface area contributed by atoms with Crippen molar-refractivity contribution in [3.8, 4) is 11.5 Å². The van der Waals surface area contributed by atoms with Gasteiger partial charge in [0.05, 0.1) is 13.0 Å². The minimum atomic E-state index is -0.311. The van der Waals surface area contributed by atoms with Gasteiger partial charge in [-0.15, -0.1) is 0 Å². The second-order valence-corrected chi connectivity index (χ2v) is 6.17. The smallest absolute Gasteiger partial charge is 0.313 e. The van der Waals surface area contributed by atoms with Crippen LogP contribution in [0.4, 0.5) is 0 Å². The second-order valence-electron chi connectivity index (χ2n) is 6.17. The van der Waals surface area contributed by atoms with Crippen molar-refractivity contribution in [3.63, 3.8) is 0 Å². The van der Waals surface area contributed by atoms with Crippen LogP contribution in [0.2, 0.25) is 0 Å². The quantitative estimate of drug-likeness (QED) is 0.533. The van der Waals surface area contributed by atoms with Gasteiger partial charge in [0, 0.05) is 6.42 Å². The molecule has 1 aromatic rings. The van der Waals surface area contributed by atoms with E-state index in [1.807, 2.05) is 19.9 Å². The van der Waals surface area contributed by atoms with E-state index in [4.69, 9.17) is 14.2 Å². The summed E-state index contributed by atoms with van der Waals surface area (Å²) in [6.07, 6.45) is 3.99. The van der Waals surface area contributed by atoms with Crippen molar-refractivity contribution in [3.05, 3.63) is 29.8 Å². The van der Waals surface area contributed by atoms with E-state index in [0.29, 0.717) is 17.9 Å². The summed E-state index contributed by atoms with van der Waals surface area (Å²) in [6, 6.07) is 5.25. The van der Waals surface area contributed by atoms with Crippen molar-refractivity contribution in [1.29, 1.82) is 0 Å². The number of benzene rings is 1. The summed E-state index contributed by atoms with van der Waals surface area (Å²) < 4.78 is 15.7. The summed E-state index contributed by atoms with van der Waals surface area (Å²) in [6.45, 7) is 7.70. The van der Waals surface area contributed by atoms with E-state index in [0.717, 1.165) is 5.56 Å². The third-order valence-corrected chi connectivity index (χ3v) is 3.10. The molecule has 24 heavy (non-hydrogen) atoms. The topological polar surface area (TPSA) is 61.8 Å². The second kappa shape index (κ2) is 9.75. The molecule has 132 valence electrons. The van der Waals surface area contributed by atoms with Crippen LogP contribution in [0.1, 0.15) is 39.7 Å². The first kappa shape index (κ1) is 19.7. The number of carbonyl (C=O) groups excluding carboxylic acids is 2. The lowest BCUT2D eigenvalue weighted by Gasteiger charge is -2.11. The molecule has 0 aliphatic carbocycles. The van der Waals surface area contributed by atoms with E-state index in [-0.39, 0.29) is 30.4 Å². The fourth-order valence-electron chi connectivity index (χ4n) is 1.82. The fraction of sp³-hybridized carbons (Fsp3) is 0.474. The van der Waals surface area contributed by atoms with Gasteiger partial charge in [-0.2, -0.15) is 0 Å². The highest BCUT2D eigenvalue weighted by atomic mass is 16.6. The number of rotatable bonds is 8. The zero-order valence-electron chi connectivity index (χ0n) is 15.0. The van der Waals surface area contributed by atoms with Gasteiger partial charge in [-0.25, -0.2) is 0 Å². The van der Waals surface area contributed by atoms with Crippen molar-refractivity contribution in [1.82, 2.24) is 0 Å². The summed E-state index contributed by atoms with van der Waals surface area (Å²) in [5.41, 5.74) is 0.858.